The van der Waals surface area contributed by atoms with Gasteiger partial charge in [0.1, 0.15) is 0 Å². The first-order valence-corrected chi connectivity index (χ1v) is 10.6. The number of nitrogens with zero attached hydrogens (tertiary/aromatic N) is 2. The topological polar surface area (TPSA) is 83.2 Å². The number of carboxylic acids is 1. The fourth-order valence-corrected chi connectivity index (χ4v) is 4.04. The Bertz CT molecular complexity index is 962. The van der Waals surface area contributed by atoms with E-state index >= 15 is 0 Å². The van der Waals surface area contributed by atoms with Gasteiger partial charge in [-0.3, -0.25) is 9.69 Å². The highest BCUT2D eigenvalue weighted by Gasteiger charge is 2.40. The van der Waals surface area contributed by atoms with E-state index in [1.807, 2.05) is 4.90 Å². The summed E-state index contributed by atoms with van der Waals surface area (Å²) in [6.07, 6.45) is -2.45. The van der Waals surface area contributed by atoms with Crippen LogP contribution in [-0.2, 0) is 16.1 Å². The maximum Gasteiger partial charge on any atom is 0.490 e. The van der Waals surface area contributed by atoms with E-state index in [9.17, 15) is 18.0 Å². The quantitative estimate of drug-likeness (QED) is 0.741. The molecule has 2 aromatic rings. The van der Waals surface area contributed by atoms with Crippen LogP contribution >= 0.6 is 0 Å². The van der Waals surface area contributed by atoms with Crippen molar-refractivity contribution in [2.45, 2.75) is 45.1 Å². The molecular weight excluding hydrogens is 441 g/mol. The van der Waals surface area contributed by atoms with E-state index in [0.29, 0.717) is 18.9 Å². The Morgan fingerprint density at radius 2 is 1.88 bits per heavy atom. The maximum atomic E-state index is 12.8. The zero-order chi connectivity index (χ0) is 24.2. The van der Waals surface area contributed by atoms with Crippen molar-refractivity contribution < 1.29 is 37.0 Å². The van der Waals surface area contributed by atoms with Gasteiger partial charge in [-0.1, -0.05) is 18.2 Å². The Balaban J connectivity index is 0.000000383. The van der Waals surface area contributed by atoms with Gasteiger partial charge in [-0.25, -0.2) is 4.79 Å². The molecule has 0 aliphatic carbocycles. The molecule has 0 radical (unpaired) electrons. The number of carboxylic acid groups (broad SMARTS) is 1. The van der Waals surface area contributed by atoms with E-state index in [-0.39, 0.29) is 18.1 Å². The largest absolute Gasteiger partial charge is 0.490 e. The molecule has 1 N–H and O–H groups in total. The molecule has 33 heavy (non-hydrogen) atoms. The number of piperidine rings is 1. The van der Waals surface area contributed by atoms with Crippen molar-refractivity contribution in [1.29, 1.82) is 0 Å². The van der Waals surface area contributed by atoms with Gasteiger partial charge in [0.15, 0.2) is 5.76 Å². The van der Waals surface area contributed by atoms with Gasteiger partial charge < -0.3 is 19.2 Å². The fourth-order valence-electron chi connectivity index (χ4n) is 4.04. The summed E-state index contributed by atoms with van der Waals surface area (Å²) in [5, 5.41) is 7.12. The zero-order valence-corrected chi connectivity index (χ0v) is 18.5. The smallest absolute Gasteiger partial charge is 0.475 e. The lowest BCUT2D eigenvalue weighted by Gasteiger charge is -2.46. The van der Waals surface area contributed by atoms with Crippen molar-refractivity contribution in [1.82, 2.24) is 9.80 Å². The highest BCUT2D eigenvalue weighted by atomic mass is 19.4. The van der Waals surface area contributed by atoms with E-state index in [4.69, 9.17) is 19.1 Å². The average Bonchev–Trinajstić information content (AvgIpc) is 3.30. The minimum Gasteiger partial charge on any atom is -0.475 e. The second-order valence-electron chi connectivity index (χ2n) is 8.20. The number of amides is 1. The molecule has 4 rings (SSSR count). The first-order chi connectivity index (χ1) is 15.6. The summed E-state index contributed by atoms with van der Waals surface area (Å²) in [4.78, 5) is 26.1. The molecule has 2 aliphatic heterocycles. The van der Waals surface area contributed by atoms with Crippen LogP contribution in [0.1, 0.15) is 33.7 Å². The Morgan fingerprint density at radius 3 is 2.48 bits per heavy atom. The van der Waals surface area contributed by atoms with Gasteiger partial charge in [0.2, 0.25) is 0 Å². The number of morpholine rings is 1. The van der Waals surface area contributed by atoms with Crippen LogP contribution in [0.3, 0.4) is 0 Å². The minimum atomic E-state index is -5.08. The third-order valence-electron chi connectivity index (χ3n) is 5.88. The number of alkyl halides is 3. The Morgan fingerprint density at radius 1 is 1.15 bits per heavy atom. The monoisotopic (exact) mass is 468 g/mol. The highest BCUT2D eigenvalue weighted by molar-refractivity contribution is 5.91. The lowest BCUT2D eigenvalue weighted by atomic mass is 9.97. The molecule has 180 valence electrons. The summed E-state index contributed by atoms with van der Waals surface area (Å²) < 4.78 is 43.0. The highest BCUT2D eigenvalue weighted by Crippen LogP contribution is 2.26. The van der Waals surface area contributed by atoms with Gasteiger partial charge >= 0.3 is 12.1 Å². The van der Waals surface area contributed by atoms with Crippen LogP contribution in [0.15, 0.2) is 41.0 Å². The summed E-state index contributed by atoms with van der Waals surface area (Å²) >= 11 is 0. The van der Waals surface area contributed by atoms with Crippen LogP contribution in [0.2, 0.25) is 0 Å². The zero-order valence-electron chi connectivity index (χ0n) is 18.5. The van der Waals surface area contributed by atoms with E-state index < -0.39 is 12.1 Å². The lowest BCUT2D eigenvalue weighted by Crippen LogP contribution is -2.61. The molecule has 3 heterocycles. The van der Waals surface area contributed by atoms with E-state index in [0.717, 1.165) is 26.1 Å². The molecule has 7 nitrogen and oxygen atoms in total. The molecule has 2 aliphatic rings. The first-order valence-electron chi connectivity index (χ1n) is 10.6. The number of hydrogen-bond acceptors (Lipinski definition) is 5. The number of fused-ring (bicyclic) bond motifs is 1. The number of carbonyl (C=O) groups is 2. The van der Waals surface area contributed by atoms with Crippen molar-refractivity contribution >= 4 is 11.9 Å². The summed E-state index contributed by atoms with van der Waals surface area (Å²) in [5.74, 6) is -2.37. The number of carbonyl (C=O) groups excluding carboxylic acids is 1. The summed E-state index contributed by atoms with van der Waals surface area (Å²) in [7, 11) is 0. The number of furan rings is 1. The number of hydrogen-bond donors (Lipinski definition) is 1. The fraction of sp³-hybridized carbons (Fsp3) is 0.478. The van der Waals surface area contributed by atoms with E-state index in [2.05, 4.69) is 36.9 Å². The van der Waals surface area contributed by atoms with Crippen LogP contribution in [0.5, 0.6) is 0 Å². The number of aliphatic carboxylic acids is 1. The molecule has 0 unspecified atom stereocenters. The van der Waals surface area contributed by atoms with Crippen LogP contribution in [-0.4, -0.2) is 71.3 Å². The molecule has 1 aromatic carbocycles. The Labute approximate surface area is 189 Å². The minimum absolute atomic E-state index is 0.0265. The van der Waals surface area contributed by atoms with Crippen LogP contribution in [0, 0.1) is 13.8 Å². The van der Waals surface area contributed by atoms with E-state index in [1.54, 1.807) is 18.4 Å². The van der Waals surface area contributed by atoms with Crippen LogP contribution < -0.4 is 0 Å². The Kier molecular flexibility index (Phi) is 7.80. The maximum absolute atomic E-state index is 12.8. The second kappa shape index (κ2) is 10.4. The number of likely N-dealkylation sites (tertiary alicyclic amines) is 1. The third kappa shape index (κ3) is 6.35. The SMILES string of the molecule is Cc1ccc(CN2CC[C@@H]3OCCN(C(=O)c4ccco4)[C@H]3C2)cc1C.O=C(O)C(F)(F)F. The number of ether oxygens (including phenoxy) is 1. The lowest BCUT2D eigenvalue weighted by molar-refractivity contribution is -0.192. The molecule has 2 atom stereocenters. The Hall–Kier alpha value is -2.85. The summed E-state index contributed by atoms with van der Waals surface area (Å²) in [6, 6.07) is 10.2. The van der Waals surface area contributed by atoms with E-state index in [1.165, 1.54) is 16.7 Å². The third-order valence-corrected chi connectivity index (χ3v) is 5.88. The summed E-state index contributed by atoms with van der Waals surface area (Å²) in [6.45, 7) is 8.27. The number of rotatable bonds is 3. The normalized spacial score (nSPS) is 21.1. The average molecular weight is 468 g/mol. The molecule has 2 saturated heterocycles. The molecule has 10 heteroatoms. The first kappa shape index (κ1) is 24.8. The van der Waals surface area contributed by atoms with Crippen LogP contribution in [0.4, 0.5) is 13.2 Å². The van der Waals surface area contributed by atoms with Crippen molar-refractivity contribution in [3.8, 4) is 0 Å². The molecule has 1 amide bonds. The molecule has 2 fully saturated rings. The number of aryl methyl sites for hydroxylation is 2. The van der Waals surface area contributed by atoms with Crippen molar-refractivity contribution in [3.05, 3.63) is 59.0 Å². The van der Waals surface area contributed by atoms with Crippen molar-refractivity contribution in [3.63, 3.8) is 0 Å². The van der Waals surface area contributed by atoms with Gasteiger partial charge in [-0.2, -0.15) is 13.2 Å². The van der Waals surface area contributed by atoms with Crippen molar-refractivity contribution in [2.24, 2.45) is 0 Å². The molecule has 0 saturated carbocycles. The van der Waals surface area contributed by atoms with Gasteiger partial charge in [-0.15, -0.1) is 0 Å². The standard InChI is InChI=1S/C21H26N2O3.C2HF3O2/c1-15-5-6-17(12-16(15)2)13-22-8-7-19-18(14-22)23(9-11-26-19)21(24)20-4-3-10-25-20;3-2(4,5)1(6)7/h3-6,10,12,18-19H,7-9,11,13-14H2,1-2H3;(H,6,7)/t18-,19-;/m0./s1. The summed E-state index contributed by atoms with van der Waals surface area (Å²) in [5.41, 5.74) is 3.98. The second-order valence-corrected chi connectivity index (χ2v) is 8.20. The predicted molar refractivity (Wildman–Crippen MR) is 113 cm³/mol. The number of halogens is 3. The van der Waals surface area contributed by atoms with Gasteiger partial charge in [-0.05, 0) is 49.1 Å². The molecule has 0 spiro atoms. The van der Waals surface area contributed by atoms with Gasteiger partial charge in [0, 0.05) is 26.2 Å². The van der Waals surface area contributed by atoms with Gasteiger partial charge in [0.25, 0.3) is 5.91 Å². The molecule has 1 aromatic heterocycles. The number of benzene rings is 1. The molecular formula is C23H27F3N2O5. The predicted octanol–water partition coefficient (Wildman–Crippen LogP) is 3.65. The van der Waals surface area contributed by atoms with Crippen molar-refractivity contribution in [2.75, 3.05) is 26.2 Å². The molecule has 0 bridgehead atoms. The van der Waals surface area contributed by atoms with Gasteiger partial charge in [0.05, 0.1) is 25.0 Å². The van der Waals surface area contributed by atoms with Crippen LogP contribution in [0.25, 0.3) is 0 Å².